The minimum absolute atomic E-state index is 0.0128. The van der Waals surface area contributed by atoms with E-state index in [1.54, 1.807) is 6.07 Å². The van der Waals surface area contributed by atoms with Crippen LogP contribution in [0.1, 0.15) is 18.9 Å². The molecule has 0 bridgehead atoms. The lowest BCUT2D eigenvalue weighted by Gasteiger charge is -2.11. The van der Waals surface area contributed by atoms with Crippen LogP contribution in [-0.2, 0) is 4.79 Å². The normalized spacial score (nSPS) is 9.94. The molecular weight excluding hydrogens is 224 g/mol. The van der Waals surface area contributed by atoms with Gasteiger partial charge in [0.15, 0.2) is 0 Å². The van der Waals surface area contributed by atoms with Gasteiger partial charge in [-0.1, -0.05) is 30.7 Å². The first kappa shape index (κ1) is 12.8. The Morgan fingerprint density at radius 3 is 2.81 bits per heavy atom. The maximum absolute atomic E-state index is 11.4. The summed E-state index contributed by atoms with van der Waals surface area (Å²) in [4.78, 5) is 11.4. The Labute approximate surface area is 101 Å². The van der Waals surface area contributed by atoms with Gasteiger partial charge in [-0.15, -0.1) is 0 Å². The molecule has 0 aromatic heterocycles. The summed E-state index contributed by atoms with van der Waals surface area (Å²) in [6.45, 7) is 4.94. The van der Waals surface area contributed by atoms with Gasteiger partial charge < -0.3 is 10.6 Å². The number of aryl methyl sites for hydroxylation is 1. The van der Waals surface area contributed by atoms with E-state index in [4.69, 9.17) is 11.6 Å². The van der Waals surface area contributed by atoms with Crippen LogP contribution in [-0.4, -0.2) is 19.0 Å². The van der Waals surface area contributed by atoms with Gasteiger partial charge in [0.2, 0.25) is 5.91 Å². The number of hydrogen-bond donors (Lipinski definition) is 2. The van der Waals surface area contributed by atoms with Crippen LogP contribution >= 0.6 is 11.6 Å². The molecule has 0 radical (unpaired) electrons. The number of carbonyl (C=O) groups excluding carboxylic acids is 1. The van der Waals surface area contributed by atoms with Gasteiger partial charge in [0.1, 0.15) is 0 Å². The van der Waals surface area contributed by atoms with Crippen LogP contribution in [0.3, 0.4) is 0 Å². The summed E-state index contributed by atoms with van der Waals surface area (Å²) in [5, 5.41) is 6.48. The molecule has 0 aliphatic heterocycles. The van der Waals surface area contributed by atoms with Gasteiger partial charge in [-0.2, -0.15) is 0 Å². The Bertz CT molecular complexity index is 346. The molecule has 1 aromatic carbocycles. The monoisotopic (exact) mass is 240 g/mol. The highest BCUT2D eigenvalue weighted by Gasteiger charge is 2.05. The van der Waals surface area contributed by atoms with Crippen LogP contribution in [0.25, 0.3) is 0 Å². The summed E-state index contributed by atoms with van der Waals surface area (Å²) in [5.41, 5.74) is 1.87. The topological polar surface area (TPSA) is 41.1 Å². The molecular formula is C12H17ClN2O. The van der Waals surface area contributed by atoms with Crippen LogP contribution < -0.4 is 10.6 Å². The smallest absolute Gasteiger partial charge is 0.239 e. The second-order valence-electron chi connectivity index (χ2n) is 3.64. The van der Waals surface area contributed by atoms with E-state index in [9.17, 15) is 4.79 Å². The molecule has 2 N–H and O–H groups in total. The number of carbonyl (C=O) groups is 1. The van der Waals surface area contributed by atoms with E-state index in [1.165, 1.54) is 0 Å². The Morgan fingerprint density at radius 1 is 1.44 bits per heavy atom. The summed E-state index contributed by atoms with van der Waals surface area (Å²) in [6, 6.07) is 5.65. The SMILES string of the molecule is CCCNC(=O)CNc1c(C)cccc1Cl. The lowest BCUT2D eigenvalue weighted by molar-refractivity contribution is -0.119. The zero-order chi connectivity index (χ0) is 12.0. The molecule has 0 heterocycles. The quantitative estimate of drug-likeness (QED) is 0.831. The van der Waals surface area contributed by atoms with Crippen molar-refractivity contribution in [2.24, 2.45) is 0 Å². The molecule has 0 fully saturated rings. The molecule has 0 spiro atoms. The van der Waals surface area contributed by atoms with Gasteiger partial charge in [-0.25, -0.2) is 0 Å². The van der Waals surface area contributed by atoms with E-state index in [2.05, 4.69) is 10.6 Å². The molecule has 3 nitrogen and oxygen atoms in total. The Morgan fingerprint density at radius 2 is 2.19 bits per heavy atom. The van der Waals surface area contributed by atoms with E-state index in [0.29, 0.717) is 11.6 Å². The van der Waals surface area contributed by atoms with Gasteiger partial charge in [-0.05, 0) is 25.0 Å². The van der Waals surface area contributed by atoms with Crippen molar-refractivity contribution in [3.05, 3.63) is 28.8 Å². The number of halogens is 1. The fraction of sp³-hybridized carbons (Fsp3) is 0.417. The lowest BCUT2D eigenvalue weighted by atomic mass is 10.2. The average Bonchev–Trinajstić information content (AvgIpc) is 2.25. The predicted octanol–water partition coefficient (Wildman–Crippen LogP) is 2.59. The van der Waals surface area contributed by atoms with Crippen molar-refractivity contribution in [1.82, 2.24) is 5.32 Å². The first-order chi connectivity index (χ1) is 7.65. The van der Waals surface area contributed by atoms with Crippen LogP contribution in [0.15, 0.2) is 18.2 Å². The second-order valence-corrected chi connectivity index (χ2v) is 4.04. The van der Waals surface area contributed by atoms with Crippen LogP contribution in [0, 0.1) is 6.92 Å². The molecule has 0 aliphatic carbocycles. The Hall–Kier alpha value is -1.22. The first-order valence-corrected chi connectivity index (χ1v) is 5.78. The second kappa shape index (κ2) is 6.38. The summed E-state index contributed by atoms with van der Waals surface area (Å²) in [6.07, 6.45) is 0.941. The lowest BCUT2D eigenvalue weighted by Crippen LogP contribution is -2.30. The van der Waals surface area contributed by atoms with Crippen LogP contribution in [0.2, 0.25) is 5.02 Å². The molecule has 1 aromatic rings. The van der Waals surface area contributed by atoms with Gasteiger partial charge in [0.25, 0.3) is 0 Å². The van der Waals surface area contributed by atoms with Crippen molar-refractivity contribution in [1.29, 1.82) is 0 Å². The van der Waals surface area contributed by atoms with Crippen LogP contribution in [0.4, 0.5) is 5.69 Å². The third-order valence-corrected chi connectivity index (χ3v) is 2.53. The van der Waals surface area contributed by atoms with Crippen molar-refractivity contribution < 1.29 is 4.79 Å². The van der Waals surface area contributed by atoms with Crippen molar-refractivity contribution in [2.45, 2.75) is 20.3 Å². The summed E-state index contributed by atoms with van der Waals surface area (Å²) < 4.78 is 0. The Kier molecular flexibility index (Phi) is 5.12. The summed E-state index contributed by atoms with van der Waals surface area (Å²) in [7, 11) is 0. The van der Waals surface area contributed by atoms with E-state index in [-0.39, 0.29) is 12.5 Å². The molecule has 1 rings (SSSR count). The summed E-state index contributed by atoms with van der Waals surface area (Å²) in [5.74, 6) is -0.0128. The number of rotatable bonds is 5. The standard InChI is InChI=1S/C12H17ClN2O/c1-3-7-14-11(16)8-15-12-9(2)5-4-6-10(12)13/h4-6,15H,3,7-8H2,1-2H3,(H,14,16). The third-order valence-electron chi connectivity index (χ3n) is 2.22. The zero-order valence-corrected chi connectivity index (χ0v) is 10.4. The molecule has 0 atom stereocenters. The van der Waals surface area contributed by atoms with E-state index < -0.39 is 0 Å². The minimum atomic E-state index is -0.0128. The predicted molar refractivity (Wildman–Crippen MR) is 68.0 cm³/mol. The van der Waals surface area contributed by atoms with E-state index >= 15 is 0 Å². The largest absolute Gasteiger partial charge is 0.375 e. The third kappa shape index (κ3) is 3.74. The first-order valence-electron chi connectivity index (χ1n) is 5.40. The van der Waals surface area contributed by atoms with Gasteiger partial charge in [0, 0.05) is 6.54 Å². The number of benzene rings is 1. The average molecular weight is 241 g/mol. The molecule has 1 amide bonds. The maximum Gasteiger partial charge on any atom is 0.239 e. The van der Waals surface area contributed by atoms with Gasteiger partial charge in [-0.3, -0.25) is 4.79 Å². The highest BCUT2D eigenvalue weighted by molar-refractivity contribution is 6.33. The van der Waals surface area contributed by atoms with Crippen molar-refractivity contribution in [3.8, 4) is 0 Å². The fourth-order valence-electron chi connectivity index (χ4n) is 1.35. The molecule has 0 aliphatic rings. The van der Waals surface area contributed by atoms with Crippen molar-refractivity contribution >= 4 is 23.2 Å². The summed E-state index contributed by atoms with van der Waals surface area (Å²) >= 11 is 6.02. The molecule has 0 saturated carbocycles. The van der Waals surface area contributed by atoms with E-state index in [0.717, 1.165) is 17.7 Å². The fourth-order valence-corrected chi connectivity index (χ4v) is 1.64. The number of para-hydroxylation sites is 1. The maximum atomic E-state index is 11.4. The van der Waals surface area contributed by atoms with Crippen molar-refractivity contribution in [2.75, 3.05) is 18.4 Å². The molecule has 88 valence electrons. The number of amides is 1. The number of anilines is 1. The zero-order valence-electron chi connectivity index (χ0n) is 9.64. The minimum Gasteiger partial charge on any atom is -0.375 e. The number of nitrogens with one attached hydrogen (secondary N) is 2. The molecule has 0 saturated heterocycles. The van der Waals surface area contributed by atoms with Gasteiger partial charge in [0.05, 0.1) is 17.3 Å². The Balaban J connectivity index is 2.51. The van der Waals surface area contributed by atoms with Crippen molar-refractivity contribution in [3.63, 3.8) is 0 Å². The highest BCUT2D eigenvalue weighted by atomic mass is 35.5. The number of hydrogen-bond acceptors (Lipinski definition) is 2. The molecule has 16 heavy (non-hydrogen) atoms. The highest BCUT2D eigenvalue weighted by Crippen LogP contribution is 2.24. The van der Waals surface area contributed by atoms with Gasteiger partial charge >= 0.3 is 0 Å². The van der Waals surface area contributed by atoms with Crippen LogP contribution in [0.5, 0.6) is 0 Å². The molecule has 4 heteroatoms. The van der Waals surface area contributed by atoms with E-state index in [1.807, 2.05) is 26.0 Å². The molecule has 0 unspecified atom stereocenters.